The molecule has 0 amide bonds. The van der Waals surface area contributed by atoms with Crippen molar-refractivity contribution in [1.29, 1.82) is 0 Å². The number of para-hydroxylation sites is 1. The Hall–Kier alpha value is -1.06. The van der Waals surface area contributed by atoms with E-state index < -0.39 is 0 Å². The largest absolute Gasteiger partial charge is 0.492 e. The van der Waals surface area contributed by atoms with Crippen LogP contribution in [0.15, 0.2) is 30.3 Å². The first kappa shape index (κ1) is 12.0. The van der Waals surface area contributed by atoms with E-state index in [-0.39, 0.29) is 0 Å². The minimum Gasteiger partial charge on any atom is -0.492 e. The van der Waals surface area contributed by atoms with Gasteiger partial charge in [0.2, 0.25) is 0 Å². The van der Waals surface area contributed by atoms with Crippen molar-refractivity contribution in [2.45, 2.75) is 18.9 Å². The molecule has 98 valence electrons. The first-order valence-corrected chi connectivity index (χ1v) is 7.06. The molecule has 0 radical (unpaired) electrons. The van der Waals surface area contributed by atoms with Crippen LogP contribution in [0.5, 0.6) is 5.75 Å². The Labute approximate surface area is 109 Å². The normalized spacial score (nSPS) is 28.0. The van der Waals surface area contributed by atoms with E-state index in [1.54, 1.807) is 0 Å². The van der Waals surface area contributed by atoms with Crippen molar-refractivity contribution < 1.29 is 4.74 Å². The molecule has 0 aliphatic carbocycles. The Kier molecular flexibility index (Phi) is 3.81. The van der Waals surface area contributed by atoms with Crippen LogP contribution in [0.25, 0.3) is 0 Å². The summed E-state index contributed by atoms with van der Waals surface area (Å²) in [5.41, 5.74) is 0. The van der Waals surface area contributed by atoms with Crippen molar-refractivity contribution in [2.75, 3.05) is 32.8 Å². The van der Waals surface area contributed by atoms with Gasteiger partial charge in [-0.05, 0) is 44.0 Å². The molecule has 0 bridgehead atoms. The fraction of sp³-hybridized carbons (Fsp3) is 0.600. The zero-order chi connectivity index (χ0) is 12.2. The van der Waals surface area contributed by atoms with Crippen LogP contribution in [-0.4, -0.2) is 43.7 Å². The third-order valence-electron chi connectivity index (χ3n) is 4.18. The van der Waals surface area contributed by atoms with Gasteiger partial charge in [-0.25, -0.2) is 0 Å². The second-order valence-corrected chi connectivity index (χ2v) is 5.33. The van der Waals surface area contributed by atoms with Crippen molar-refractivity contribution in [3.63, 3.8) is 0 Å². The number of hydrogen-bond donors (Lipinski definition) is 1. The van der Waals surface area contributed by atoms with Crippen LogP contribution in [0.1, 0.15) is 12.8 Å². The first-order chi connectivity index (χ1) is 8.93. The number of rotatable bonds is 4. The number of fused-ring (bicyclic) bond motifs is 1. The van der Waals surface area contributed by atoms with Crippen LogP contribution in [0.4, 0.5) is 0 Å². The number of piperidine rings is 1. The molecule has 18 heavy (non-hydrogen) atoms. The SMILES string of the molecule is c1ccc(OCCN2CCCC3CNCC32)cc1. The Morgan fingerprint density at radius 3 is 3.00 bits per heavy atom. The number of benzene rings is 1. The molecule has 3 heteroatoms. The molecule has 1 N–H and O–H groups in total. The smallest absolute Gasteiger partial charge is 0.119 e. The predicted octanol–water partition coefficient (Wildman–Crippen LogP) is 1.75. The van der Waals surface area contributed by atoms with E-state index in [0.717, 1.165) is 37.4 Å². The van der Waals surface area contributed by atoms with Gasteiger partial charge < -0.3 is 10.1 Å². The van der Waals surface area contributed by atoms with Crippen LogP contribution < -0.4 is 10.1 Å². The summed E-state index contributed by atoms with van der Waals surface area (Å²) < 4.78 is 5.80. The van der Waals surface area contributed by atoms with Gasteiger partial charge in [0.15, 0.2) is 0 Å². The Morgan fingerprint density at radius 2 is 2.11 bits per heavy atom. The topological polar surface area (TPSA) is 24.5 Å². The third kappa shape index (κ3) is 2.68. The Bertz CT molecular complexity index is 368. The third-order valence-corrected chi connectivity index (χ3v) is 4.18. The maximum absolute atomic E-state index is 5.80. The standard InChI is InChI=1S/C15H22N2O/c1-2-6-14(7-3-1)18-10-9-17-8-4-5-13-11-16-12-15(13)17/h1-3,6-7,13,15-16H,4-5,8-12H2. The highest BCUT2D eigenvalue weighted by atomic mass is 16.5. The van der Waals surface area contributed by atoms with E-state index in [4.69, 9.17) is 4.74 Å². The summed E-state index contributed by atoms with van der Waals surface area (Å²) in [6.07, 6.45) is 2.74. The summed E-state index contributed by atoms with van der Waals surface area (Å²) in [6, 6.07) is 10.9. The van der Waals surface area contributed by atoms with Crippen LogP contribution in [0, 0.1) is 5.92 Å². The lowest BCUT2D eigenvalue weighted by Crippen LogP contribution is -2.46. The number of nitrogens with zero attached hydrogens (tertiary/aromatic N) is 1. The lowest BCUT2D eigenvalue weighted by atomic mass is 9.92. The minimum absolute atomic E-state index is 0.748. The van der Waals surface area contributed by atoms with Crippen molar-refractivity contribution in [1.82, 2.24) is 10.2 Å². The van der Waals surface area contributed by atoms with E-state index in [1.807, 2.05) is 30.3 Å². The summed E-state index contributed by atoms with van der Waals surface area (Å²) in [5.74, 6) is 1.85. The highest BCUT2D eigenvalue weighted by molar-refractivity contribution is 5.20. The van der Waals surface area contributed by atoms with E-state index in [9.17, 15) is 0 Å². The average Bonchev–Trinajstić information content (AvgIpc) is 2.89. The second kappa shape index (κ2) is 5.72. The van der Waals surface area contributed by atoms with E-state index in [2.05, 4.69) is 10.2 Å². The summed E-state index contributed by atoms with van der Waals surface area (Å²) in [6.45, 7) is 5.46. The number of likely N-dealkylation sites (tertiary alicyclic amines) is 1. The van der Waals surface area contributed by atoms with Gasteiger partial charge in [-0.3, -0.25) is 4.90 Å². The van der Waals surface area contributed by atoms with Gasteiger partial charge in [0, 0.05) is 19.1 Å². The highest BCUT2D eigenvalue weighted by Gasteiger charge is 2.34. The molecular formula is C15H22N2O. The first-order valence-electron chi connectivity index (χ1n) is 7.06. The summed E-state index contributed by atoms with van der Waals surface area (Å²) in [4.78, 5) is 2.61. The Morgan fingerprint density at radius 1 is 1.22 bits per heavy atom. The molecule has 1 aromatic rings. The fourth-order valence-corrected chi connectivity index (χ4v) is 3.24. The van der Waals surface area contributed by atoms with E-state index in [0.29, 0.717) is 0 Å². The van der Waals surface area contributed by atoms with Gasteiger partial charge in [-0.1, -0.05) is 18.2 Å². The van der Waals surface area contributed by atoms with Crippen LogP contribution >= 0.6 is 0 Å². The molecule has 2 fully saturated rings. The van der Waals surface area contributed by atoms with Crippen LogP contribution in [0.2, 0.25) is 0 Å². The maximum Gasteiger partial charge on any atom is 0.119 e. The molecule has 2 aliphatic heterocycles. The van der Waals surface area contributed by atoms with Crippen LogP contribution in [-0.2, 0) is 0 Å². The quantitative estimate of drug-likeness (QED) is 0.876. The number of ether oxygens (including phenoxy) is 1. The maximum atomic E-state index is 5.80. The molecule has 1 aromatic carbocycles. The van der Waals surface area contributed by atoms with Gasteiger partial charge in [0.1, 0.15) is 12.4 Å². The van der Waals surface area contributed by atoms with Gasteiger partial charge >= 0.3 is 0 Å². The van der Waals surface area contributed by atoms with Gasteiger partial charge in [-0.2, -0.15) is 0 Å². The second-order valence-electron chi connectivity index (χ2n) is 5.33. The van der Waals surface area contributed by atoms with Crippen molar-refractivity contribution in [3.8, 4) is 5.75 Å². The summed E-state index contributed by atoms with van der Waals surface area (Å²) in [7, 11) is 0. The van der Waals surface area contributed by atoms with Gasteiger partial charge in [-0.15, -0.1) is 0 Å². The molecule has 3 rings (SSSR count). The van der Waals surface area contributed by atoms with Crippen LogP contribution in [0.3, 0.4) is 0 Å². The van der Waals surface area contributed by atoms with Gasteiger partial charge in [0.05, 0.1) is 0 Å². The molecular weight excluding hydrogens is 224 g/mol. The van der Waals surface area contributed by atoms with Crippen molar-refractivity contribution >= 4 is 0 Å². The van der Waals surface area contributed by atoms with Gasteiger partial charge in [0.25, 0.3) is 0 Å². The zero-order valence-electron chi connectivity index (χ0n) is 10.8. The zero-order valence-corrected chi connectivity index (χ0v) is 10.8. The Balaban J connectivity index is 1.48. The minimum atomic E-state index is 0.748. The molecule has 2 unspecified atom stereocenters. The van der Waals surface area contributed by atoms with E-state index in [1.165, 1.54) is 25.9 Å². The summed E-state index contributed by atoms with van der Waals surface area (Å²) in [5, 5.41) is 3.52. The van der Waals surface area contributed by atoms with Crippen molar-refractivity contribution in [3.05, 3.63) is 30.3 Å². The molecule has 0 saturated carbocycles. The summed E-state index contributed by atoms with van der Waals surface area (Å²) >= 11 is 0. The molecule has 3 nitrogen and oxygen atoms in total. The molecule has 2 heterocycles. The molecule has 0 spiro atoms. The average molecular weight is 246 g/mol. The monoisotopic (exact) mass is 246 g/mol. The lowest BCUT2D eigenvalue weighted by Gasteiger charge is -2.36. The molecule has 2 atom stereocenters. The van der Waals surface area contributed by atoms with E-state index >= 15 is 0 Å². The fourth-order valence-electron chi connectivity index (χ4n) is 3.24. The van der Waals surface area contributed by atoms with Crippen molar-refractivity contribution in [2.24, 2.45) is 5.92 Å². The molecule has 2 saturated heterocycles. The number of nitrogens with one attached hydrogen (secondary N) is 1. The predicted molar refractivity (Wildman–Crippen MR) is 72.9 cm³/mol. The highest BCUT2D eigenvalue weighted by Crippen LogP contribution is 2.25. The molecule has 2 aliphatic rings. The lowest BCUT2D eigenvalue weighted by molar-refractivity contribution is 0.105. The molecule has 0 aromatic heterocycles. The number of hydrogen-bond acceptors (Lipinski definition) is 3.